The minimum absolute atomic E-state index is 0.310. The van der Waals surface area contributed by atoms with Crippen LogP contribution in [0, 0.1) is 0 Å². The van der Waals surface area contributed by atoms with Crippen LogP contribution >= 0.6 is 22.9 Å². The Kier molecular flexibility index (Phi) is 4.54. The van der Waals surface area contributed by atoms with Crippen LogP contribution in [-0.2, 0) is 17.7 Å². The zero-order valence-corrected chi connectivity index (χ0v) is 13.8. The molecule has 1 saturated heterocycles. The van der Waals surface area contributed by atoms with Crippen molar-refractivity contribution in [3.05, 3.63) is 56.7 Å². The first-order valence-corrected chi connectivity index (χ1v) is 8.30. The van der Waals surface area contributed by atoms with E-state index in [9.17, 15) is 9.59 Å². The fourth-order valence-electron chi connectivity index (χ4n) is 2.61. The molecule has 5 nitrogen and oxygen atoms in total. The van der Waals surface area contributed by atoms with Crippen molar-refractivity contribution in [1.29, 1.82) is 0 Å². The molecule has 2 aromatic rings. The molecule has 7 heteroatoms. The molecule has 1 aromatic heterocycles. The van der Waals surface area contributed by atoms with Gasteiger partial charge in [0.05, 0.1) is 15.8 Å². The third-order valence-electron chi connectivity index (χ3n) is 3.62. The number of nitrogens with two attached hydrogens (primary N) is 1. The van der Waals surface area contributed by atoms with Crippen LogP contribution in [0.25, 0.3) is 0 Å². The number of halogens is 1. The van der Waals surface area contributed by atoms with Crippen molar-refractivity contribution in [2.45, 2.75) is 19.1 Å². The maximum absolute atomic E-state index is 12.0. The van der Waals surface area contributed by atoms with E-state index in [1.807, 2.05) is 30.3 Å². The van der Waals surface area contributed by atoms with Crippen LogP contribution in [0.1, 0.15) is 20.8 Å². The van der Waals surface area contributed by atoms with Crippen molar-refractivity contribution in [1.82, 2.24) is 4.90 Å². The van der Waals surface area contributed by atoms with Gasteiger partial charge in [-0.15, -0.1) is 11.3 Å². The van der Waals surface area contributed by atoms with Crippen molar-refractivity contribution in [3.63, 3.8) is 0 Å². The Morgan fingerprint density at radius 3 is 2.83 bits per heavy atom. The van der Waals surface area contributed by atoms with E-state index in [4.69, 9.17) is 22.1 Å². The summed E-state index contributed by atoms with van der Waals surface area (Å²) in [6, 6.07) is 11.4. The third-order valence-corrected chi connectivity index (χ3v) is 4.94. The second-order valence-electron chi connectivity index (χ2n) is 5.35. The first-order chi connectivity index (χ1) is 11.0. The van der Waals surface area contributed by atoms with E-state index in [0.29, 0.717) is 28.7 Å². The van der Waals surface area contributed by atoms with Crippen LogP contribution in [0.4, 0.5) is 4.79 Å². The monoisotopic (exact) mass is 350 g/mol. The summed E-state index contributed by atoms with van der Waals surface area (Å²) in [6.45, 7) is 0.975. The van der Waals surface area contributed by atoms with E-state index >= 15 is 0 Å². The topological polar surface area (TPSA) is 72.6 Å². The number of rotatable bonds is 5. The number of nitrogens with zero attached hydrogens (tertiary/aromatic N) is 1. The van der Waals surface area contributed by atoms with Gasteiger partial charge in [0.2, 0.25) is 0 Å². The molecule has 1 unspecified atom stereocenters. The second kappa shape index (κ2) is 6.60. The van der Waals surface area contributed by atoms with Gasteiger partial charge < -0.3 is 15.4 Å². The smallest absolute Gasteiger partial charge is 0.410 e. The summed E-state index contributed by atoms with van der Waals surface area (Å²) in [6.07, 6.45) is -0.228. The minimum Gasteiger partial charge on any atom is -0.444 e. The summed E-state index contributed by atoms with van der Waals surface area (Å²) in [7, 11) is 0. The first-order valence-electron chi connectivity index (χ1n) is 7.10. The highest BCUT2D eigenvalue weighted by Gasteiger charge is 2.32. The summed E-state index contributed by atoms with van der Waals surface area (Å²) in [4.78, 5) is 25.5. The van der Waals surface area contributed by atoms with E-state index in [1.165, 1.54) is 0 Å². The molecule has 1 aliphatic heterocycles. The number of hydrogen-bond acceptors (Lipinski definition) is 4. The molecule has 0 radical (unpaired) electrons. The maximum Gasteiger partial charge on any atom is 0.410 e. The lowest BCUT2D eigenvalue weighted by Crippen LogP contribution is -2.25. The lowest BCUT2D eigenvalue weighted by molar-refractivity contribution is 0.100. The summed E-state index contributed by atoms with van der Waals surface area (Å²) in [5, 5.41) is 0. The van der Waals surface area contributed by atoms with Crippen molar-refractivity contribution >= 4 is 34.9 Å². The summed E-state index contributed by atoms with van der Waals surface area (Å²) in [5.41, 5.74) is 7.13. The lowest BCUT2D eigenvalue weighted by atomic mass is 10.1. The van der Waals surface area contributed by atoms with Gasteiger partial charge in [0.1, 0.15) is 6.10 Å². The van der Waals surface area contributed by atoms with E-state index in [-0.39, 0.29) is 12.2 Å². The molecule has 2 heterocycles. The number of carbonyl (C=O) groups excluding carboxylic acids is 2. The number of hydrogen-bond donors (Lipinski definition) is 1. The predicted octanol–water partition coefficient (Wildman–Crippen LogP) is 3.06. The van der Waals surface area contributed by atoms with Crippen LogP contribution in [-0.4, -0.2) is 29.5 Å². The average Bonchev–Trinajstić information content (AvgIpc) is 3.04. The molecule has 0 saturated carbocycles. The Morgan fingerprint density at radius 2 is 2.13 bits per heavy atom. The molecule has 1 atom stereocenters. The van der Waals surface area contributed by atoms with E-state index in [2.05, 4.69) is 0 Å². The fraction of sp³-hybridized carbons (Fsp3) is 0.250. The Morgan fingerprint density at radius 1 is 1.39 bits per heavy atom. The molecule has 2 N–H and O–H groups in total. The molecule has 0 spiro atoms. The lowest BCUT2D eigenvalue weighted by Gasteiger charge is -2.12. The number of benzene rings is 1. The third kappa shape index (κ3) is 3.65. The highest BCUT2D eigenvalue weighted by Crippen LogP contribution is 2.29. The van der Waals surface area contributed by atoms with Crippen LogP contribution < -0.4 is 5.73 Å². The van der Waals surface area contributed by atoms with Gasteiger partial charge >= 0.3 is 6.09 Å². The van der Waals surface area contributed by atoms with Crippen LogP contribution in [0.2, 0.25) is 4.34 Å². The average molecular weight is 351 g/mol. The molecular weight excluding hydrogens is 336 g/mol. The van der Waals surface area contributed by atoms with Crippen molar-refractivity contribution in [2.24, 2.45) is 5.73 Å². The van der Waals surface area contributed by atoms with Crippen molar-refractivity contribution < 1.29 is 14.3 Å². The Balaban J connectivity index is 1.67. The predicted molar refractivity (Wildman–Crippen MR) is 88.7 cm³/mol. The van der Waals surface area contributed by atoms with E-state index < -0.39 is 5.91 Å². The van der Waals surface area contributed by atoms with Gasteiger partial charge in [-0.2, -0.15) is 0 Å². The largest absolute Gasteiger partial charge is 0.444 e. The molecule has 3 rings (SSSR count). The summed E-state index contributed by atoms with van der Waals surface area (Å²) >= 11 is 7.10. The first kappa shape index (κ1) is 15.8. The maximum atomic E-state index is 12.0. The summed E-state index contributed by atoms with van der Waals surface area (Å²) in [5.74, 6) is -0.512. The van der Waals surface area contributed by atoms with Gasteiger partial charge in [0, 0.05) is 13.0 Å². The van der Waals surface area contributed by atoms with Crippen LogP contribution in [0.3, 0.4) is 0 Å². The standard InChI is InChI=1S/C16H15ClN2O3S/c17-13-7-11(14(23-13)15(18)20)6-12-9-19(16(21)22-12)8-10-4-2-1-3-5-10/h1-5,7,12H,6,8-9H2,(H2,18,20). The number of primary amides is 1. The Bertz CT molecular complexity index is 732. The van der Waals surface area contributed by atoms with E-state index in [0.717, 1.165) is 22.5 Å². The molecule has 120 valence electrons. The number of carbonyl (C=O) groups is 2. The SMILES string of the molecule is NC(=O)c1sc(Cl)cc1CC1CN(Cc2ccccc2)C(=O)O1. The summed E-state index contributed by atoms with van der Waals surface area (Å²) < 4.78 is 5.89. The Labute approximate surface area is 142 Å². The highest BCUT2D eigenvalue weighted by molar-refractivity contribution is 7.18. The van der Waals surface area contributed by atoms with Crippen LogP contribution in [0.5, 0.6) is 0 Å². The van der Waals surface area contributed by atoms with Crippen LogP contribution in [0.15, 0.2) is 36.4 Å². The number of ether oxygens (including phenoxy) is 1. The number of thiophene rings is 1. The highest BCUT2D eigenvalue weighted by atomic mass is 35.5. The zero-order chi connectivity index (χ0) is 16.4. The normalized spacial score (nSPS) is 17.3. The quantitative estimate of drug-likeness (QED) is 0.900. The molecule has 23 heavy (non-hydrogen) atoms. The number of cyclic esters (lactones) is 1. The minimum atomic E-state index is -0.512. The molecule has 1 aliphatic rings. The molecule has 0 bridgehead atoms. The number of amides is 2. The Hall–Kier alpha value is -2.05. The molecule has 1 aromatic carbocycles. The van der Waals surface area contributed by atoms with Crippen molar-refractivity contribution in [2.75, 3.05) is 6.54 Å². The molecule has 0 aliphatic carbocycles. The van der Waals surface area contributed by atoms with Gasteiger partial charge in [-0.25, -0.2) is 4.79 Å². The fourth-order valence-corrected chi connectivity index (χ4v) is 3.75. The zero-order valence-electron chi connectivity index (χ0n) is 12.2. The van der Waals surface area contributed by atoms with E-state index in [1.54, 1.807) is 11.0 Å². The van der Waals surface area contributed by atoms with Gasteiger partial charge in [0.15, 0.2) is 0 Å². The van der Waals surface area contributed by atoms with Crippen molar-refractivity contribution in [3.8, 4) is 0 Å². The van der Waals surface area contributed by atoms with Gasteiger partial charge in [-0.05, 0) is 17.2 Å². The van der Waals surface area contributed by atoms with Gasteiger partial charge in [0.25, 0.3) is 5.91 Å². The van der Waals surface area contributed by atoms with Gasteiger partial charge in [-0.3, -0.25) is 4.79 Å². The molecule has 2 amide bonds. The van der Waals surface area contributed by atoms with Gasteiger partial charge in [-0.1, -0.05) is 41.9 Å². The molecule has 1 fully saturated rings. The molecular formula is C16H15ClN2O3S. The second-order valence-corrected chi connectivity index (χ2v) is 7.03.